The summed E-state index contributed by atoms with van der Waals surface area (Å²) < 4.78 is 6.79. The van der Waals surface area contributed by atoms with E-state index in [4.69, 9.17) is 16.3 Å². The summed E-state index contributed by atoms with van der Waals surface area (Å²) in [6, 6.07) is 17.2. The molecule has 1 heterocycles. The molecule has 0 unspecified atom stereocenters. The molecule has 0 bridgehead atoms. The maximum atomic E-state index is 12.5. The Hall–Kier alpha value is -3.12. The van der Waals surface area contributed by atoms with E-state index in [9.17, 15) is 9.59 Å². The Morgan fingerprint density at radius 2 is 1.93 bits per heavy atom. The predicted octanol–water partition coefficient (Wildman–Crippen LogP) is 3.54. The fourth-order valence-electron chi connectivity index (χ4n) is 2.45. The number of aryl methyl sites for hydroxylation is 1. The van der Waals surface area contributed by atoms with Crippen LogP contribution in [0.1, 0.15) is 16.1 Å². The van der Waals surface area contributed by atoms with Crippen LogP contribution in [-0.2, 0) is 6.54 Å². The molecule has 0 saturated heterocycles. The molecule has 27 heavy (non-hydrogen) atoms. The molecule has 6 nitrogen and oxygen atoms in total. The van der Waals surface area contributed by atoms with Crippen molar-refractivity contribution >= 4 is 23.2 Å². The molecular weight excluding hydrogens is 366 g/mol. The molecule has 1 aromatic heterocycles. The average molecular weight is 384 g/mol. The van der Waals surface area contributed by atoms with Gasteiger partial charge in [-0.3, -0.25) is 9.59 Å². The average Bonchev–Trinajstić information content (AvgIpc) is 2.66. The number of aromatic nitrogens is 2. The molecule has 0 radical (unpaired) electrons. The summed E-state index contributed by atoms with van der Waals surface area (Å²) in [6.45, 7) is 2.34. The SMILES string of the molecule is Cc1cc(Cl)ccc1NC(=O)c1ccc(=O)n(CCOc2ccccc2)n1. The Balaban J connectivity index is 1.68. The molecule has 0 aliphatic heterocycles. The number of hydrogen-bond donors (Lipinski definition) is 1. The second-order valence-electron chi connectivity index (χ2n) is 5.85. The van der Waals surface area contributed by atoms with Gasteiger partial charge in [-0.1, -0.05) is 29.8 Å². The van der Waals surface area contributed by atoms with Crippen LogP contribution in [0, 0.1) is 6.92 Å². The Morgan fingerprint density at radius 3 is 2.67 bits per heavy atom. The van der Waals surface area contributed by atoms with Gasteiger partial charge in [-0.2, -0.15) is 5.10 Å². The number of nitrogens with zero attached hydrogens (tertiary/aromatic N) is 2. The number of carbonyl (C=O) groups is 1. The minimum Gasteiger partial charge on any atom is -0.492 e. The summed E-state index contributed by atoms with van der Waals surface area (Å²) in [7, 11) is 0. The topological polar surface area (TPSA) is 73.2 Å². The number of carbonyl (C=O) groups excluding carboxylic acids is 1. The molecule has 3 rings (SSSR count). The first-order valence-electron chi connectivity index (χ1n) is 8.36. The maximum absolute atomic E-state index is 12.5. The van der Waals surface area contributed by atoms with E-state index in [1.54, 1.807) is 18.2 Å². The number of para-hydroxylation sites is 1. The molecule has 0 aliphatic carbocycles. The van der Waals surface area contributed by atoms with Gasteiger partial charge in [-0.25, -0.2) is 4.68 Å². The van der Waals surface area contributed by atoms with Crippen LogP contribution in [0.15, 0.2) is 65.5 Å². The van der Waals surface area contributed by atoms with Crippen LogP contribution in [0.4, 0.5) is 5.69 Å². The molecular formula is C20H18ClN3O3. The van der Waals surface area contributed by atoms with Crippen molar-refractivity contribution in [2.45, 2.75) is 13.5 Å². The number of halogens is 1. The van der Waals surface area contributed by atoms with Crippen molar-refractivity contribution in [3.8, 4) is 5.75 Å². The van der Waals surface area contributed by atoms with Crippen molar-refractivity contribution in [3.05, 3.63) is 87.3 Å². The van der Waals surface area contributed by atoms with Gasteiger partial charge >= 0.3 is 0 Å². The molecule has 3 aromatic rings. The van der Waals surface area contributed by atoms with Gasteiger partial charge in [-0.05, 0) is 48.9 Å². The zero-order chi connectivity index (χ0) is 19.2. The van der Waals surface area contributed by atoms with Crippen LogP contribution in [-0.4, -0.2) is 22.3 Å². The van der Waals surface area contributed by atoms with Crippen molar-refractivity contribution in [1.82, 2.24) is 9.78 Å². The van der Waals surface area contributed by atoms with Gasteiger partial charge < -0.3 is 10.1 Å². The predicted molar refractivity (Wildman–Crippen MR) is 105 cm³/mol. The van der Waals surface area contributed by atoms with Gasteiger partial charge in [0.15, 0.2) is 0 Å². The summed E-state index contributed by atoms with van der Waals surface area (Å²) in [6.07, 6.45) is 0. The van der Waals surface area contributed by atoms with Gasteiger partial charge in [0.25, 0.3) is 11.5 Å². The fraction of sp³-hybridized carbons (Fsp3) is 0.150. The van der Waals surface area contributed by atoms with Gasteiger partial charge in [0.2, 0.25) is 0 Å². The Bertz CT molecular complexity index is 1000. The molecule has 1 amide bonds. The lowest BCUT2D eigenvalue weighted by molar-refractivity contribution is 0.101. The van der Waals surface area contributed by atoms with Crippen LogP contribution in [0.3, 0.4) is 0 Å². The van der Waals surface area contributed by atoms with Crippen LogP contribution in [0.5, 0.6) is 5.75 Å². The number of rotatable bonds is 6. The first-order valence-corrected chi connectivity index (χ1v) is 8.74. The van der Waals surface area contributed by atoms with Gasteiger partial charge in [0.05, 0.1) is 6.54 Å². The van der Waals surface area contributed by atoms with Crippen molar-refractivity contribution in [2.24, 2.45) is 0 Å². The van der Waals surface area contributed by atoms with E-state index >= 15 is 0 Å². The highest BCUT2D eigenvalue weighted by atomic mass is 35.5. The normalized spacial score (nSPS) is 10.4. The van der Waals surface area contributed by atoms with Gasteiger partial charge in [0, 0.05) is 16.8 Å². The summed E-state index contributed by atoms with van der Waals surface area (Å²) in [5, 5.41) is 7.50. The Morgan fingerprint density at radius 1 is 1.15 bits per heavy atom. The van der Waals surface area contributed by atoms with Crippen molar-refractivity contribution in [3.63, 3.8) is 0 Å². The monoisotopic (exact) mass is 383 g/mol. The third-order valence-electron chi connectivity index (χ3n) is 3.85. The summed E-state index contributed by atoms with van der Waals surface area (Å²) in [5.74, 6) is 0.302. The zero-order valence-electron chi connectivity index (χ0n) is 14.7. The number of benzene rings is 2. The molecule has 2 aromatic carbocycles. The molecule has 0 fully saturated rings. The summed E-state index contributed by atoms with van der Waals surface area (Å²) >= 11 is 5.93. The summed E-state index contributed by atoms with van der Waals surface area (Å²) in [5.41, 5.74) is 1.31. The number of hydrogen-bond acceptors (Lipinski definition) is 4. The van der Waals surface area contributed by atoms with Crippen LogP contribution < -0.4 is 15.6 Å². The largest absolute Gasteiger partial charge is 0.492 e. The highest BCUT2D eigenvalue weighted by Gasteiger charge is 2.11. The highest BCUT2D eigenvalue weighted by Crippen LogP contribution is 2.20. The lowest BCUT2D eigenvalue weighted by Crippen LogP contribution is -2.28. The minimum atomic E-state index is -0.404. The smallest absolute Gasteiger partial charge is 0.276 e. The molecule has 0 aliphatic rings. The number of nitrogens with one attached hydrogen (secondary N) is 1. The molecule has 7 heteroatoms. The molecule has 138 valence electrons. The standard InChI is InChI=1S/C20H18ClN3O3/c1-14-13-15(21)7-8-17(14)22-20(26)18-9-10-19(25)24(23-18)11-12-27-16-5-3-2-4-6-16/h2-10,13H,11-12H2,1H3,(H,22,26). The molecule has 0 atom stereocenters. The number of anilines is 1. The Kier molecular flexibility index (Phi) is 5.88. The second kappa shape index (κ2) is 8.51. The van der Waals surface area contributed by atoms with E-state index in [0.717, 1.165) is 5.56 Å². The minimum absolute atomic E-state index is 0.142. The van der Waals surface area contributed by atoms with Gasteiger partial charge in [-0.15, -0.1) is 0 Å². The first-order chi connectivity index (χ1) is 13.0. The van der Waals surface area contributed by atoms with E-state index in [-0.39, 0.29) is 24.4 Å². The molecule has 0 saturated carbocycles. The number of amides is 1. The van der Waals surface area contributed by atoms with Crippen LogP contribution in [0.25, 0.3) is 0 Å². The third kappa shape index (κ3) is 4.95. The molecule has 0 spiro atoms. The Labute approximate surface area is 161 Å². The van der Waals surface area contributed by atoms with E-state index in [0.29, 0.717) is 16.5 Å². The third-order valence-corrected chi connectivity index (χ3v) is 4.09. The number of ether oxygens (including phenoxy) is 1. The quantitative estimate of drug-likeness (QED) is 0.706. The zero-order valence-corrected chi connectivity index (χ0v) is 15.4. The van der Waals surface area contributed by atoms with Crippen molar-refractivity contribution in [1.29, 1.82) is 0 Å². The summed E-state index contributed by atoms with van der Waals surface area (Å²) in [4.78, 5) is 24.4. The van der Waals surface area contributed by atoms with Crippen molar-refractivity contribution < 1.29 is 9.53 Å². The van der Waals surface area contributed by atoms with Crippen LogP contribution in [0.2, 0.25) is 5.02 Å². The highest BCUT2D eigenvalue weighted by molar-refractivity contribution is 6.30. The van der Waals surface area contributed by atoms with Crippen molar-refractivity contribution in [2.75, 3.05) is 11.9 Å². The first kappa shape index (κ1) is 18.7. The lowest BCUT2D eigenvalue weighted by Gasteiger charge is -2.10. The maximum Gasteiger partial charge on any atom is 0.276 e. The fourth-order valence-corrected chi connectivity index (χ4v) is 2.68. The second-order valence-corrected chi connectivity index (χ2v) is 6.29. The molecule has 1 N–H and O–H groups in total. The van der Waals surface area contributed by atoms with Crippen LogP contribution >= 0.6 is 11.6 Å². The van der Waals surface area contributed by atoms with Gasteiger partial charge in [0.1, 0.15) is 18.1 Å². The van der Waals surface area contributed by atoms with E-state index in [1.807, 2.05) is 37.3 Å². The van der Waals surface area contributed by atoms with E-state index in [2.05, 4.69) is 10.4 Å². The van der Waals surface area contributed by atoms with E-state index in [1.165, 1.54) is 16.8 Å². The lowest BCUT2D eigenvalue weighted by atomic mass is 10.2. The van der Waals surface area contributed by atoms with E-state index < -0.39 is 5.91 Å².